The molecule has 19 heavy (non-hydrogen) atoms. The third-order valence-electron chi connectivity index (χ3n) is 3.41. The first kappa shape index (κ1) is 6.45. The van der Waals surface area contributed by atoms with Crippen LogP contribution in [0.25, 0.3) is 0 Å². The maximum atomic E-state index is 8.00. The van der Waals surface area contributed by atoms with Gasteiger partial charge in [-0.2, -0.15) is 0 Å². The molecule has 0 amide bonds. The minimum Gasteiger partial charge on any atom is -0.399 e. The molecule has 1 aromatic heterocycles. The predicted octanol–water partition coefficient (Wildman–Crippen LogP) is 2.29. The number of hydrogen-bond acceptors (Lipinski definition) is 5. The Kier molecular flexibility index (Phi) is 1.72. The summed E-state index contributed by atoms with van der Waals surface area (Å²) >= 11 is 0.711. The van der Waals surface area contributed by atoms with Crippen molar-refractivity contribution in [2.45, 2.75) is 52.6 Å². The van der Waals surface area contributed by atoms with Crippen LogP contribution < -0.4 is 9.68 Å². The van der Waals surface area contributed by atoms with Crippen molar-refractivity contribution in [1.82, 2.24) is 4.98 Å². The van der Waals surface area contributed by atoms with Gasteiger partial charge in [0, 0.05) is 32.9 Å². The summed E-state index contributed by atoms with van der Waals surface area (Å²) in [4.78, 5) is 3.99. The normalized spacial score (nSPS) is 31.5. The first-order valence-corrected chi connectivity index (χ1v) is 6.58. The lowest BCUT2D eigenvalue weighted by molar-refractivity contribution is 0.00578. The molecule has 1 aliphatic rings. The lowest BCUT2D eigenvalue weighted by Crippen LogP contribution is -2.41. The fourth-order valence-corrected chi connectivity index (χ4v) is 2.37. The van der Waals surface area contributed by atoms with Crippen LogP contribution in [0, 0.1) is 0 Å². The van der Waals surface area contributed by atoms with E-state index in [-0.39, 0.29) is 4.90 Å². The zero-order chi connectivity index (χ0) is 22.8. The van der Waals surface area contributed by atoms with Crippen molar-refractivity contribution >= 4 is 28.4 Å². The van der Waals surface area contributed by atoms with E-state index in [0.717, 1.165) is 0 Å². The van der Waals surface area contributed by atoms with E-state index in [1.54, 1.807) is 0 Å². The molecule has 106 valence electrons. The first-order chi connectivity index (χ1) is 12.7. The molecule has 0 atom stereocenters. The third-order valence-corrected chi connectivity index (χ3v) is 4.42. The minimum atomic E-state index is -3.35. The largest absolute Gasteiger partial charge is 0.507 e. The smallest absolute Gasteiger partial charge is 0.399 e. The Morgan fingerprint density at radius 3 is 2.42 bits per heavy atom. The summed E-state index contributed by atoms with van der Waals surface area (Å²) in [5.74, 6) is 0. The van der Waals surface area contributed by atoms with E-state index in [2.05, 4.69) is 4.98 Å². The summed E-state index contributed by atoms with van der Waals surface area (Å²) in [6.45, 7) is -6.11. The highest BCUT2D eigenvalue weighted by Gasteiger charge is 2.52. The molecule has 2 heterocycles. The van der Waals surface area contributed by atoms with Gasteiger partial charge >= 0.3 is 7.12 Å². The van der Waals surface area contributed by atoms with Gasteiger partial charge in [-0.3, -0.25) is 0 Å². The highest BCUT2D eigenvalue weighted by molar-refractivity contribution is 7.25. The van der Waals surface area contributed by atoms with Crippen molar-refractivity contribution in [2.24, 2.45) is 0 Å². The van der Waals surface area contributed by atoms with Crippen molar-refractivity contribution in [3.05, 3.63) is 6.20 Å². The number of nitrogens with zero attached hydrogens (tertiary/aromatic N) is 2. The Morgan fingerprint density at radius 2 is 1.89 bits per heavy atom. The standard InChI is InChI=1S/C13H23BN2O2S/c1-7-16(8-2)11-15-9-10(19-11)14-17-12(3,4)13(5,6)18-14/h9H,7-8H2,1-6H3/i1D3,2D3,7D2,8D2. The van der Waals surface area contributed by atoms with Crippen LogP contribution in [0.15, 0.2) is 6.20 Å². The molecule has 4 nitrogen and oxygen atoms in total. The number of anilines is 1. The summed E-state index contributed by atoms with van der Waals surface area (Å²) in [5.41, 5.74) is -1.36. The van der Waals surface area contributed by atoms with E-state index in [4.69, 9.17) is 23.0 Å². The van der Waals surface area contributed by atoms with Crippen LogP contribution in [-0.2, 0) is 9.31 Å². The van der Waals surface area contributed by atoms with Crippen molar-refractivity contribution in [3.63, 3.8) is 0 Å². The van der Waals surface area contributed by atoms with Crippen molar-refractivity contribution < 1.29 is 23.0 Å². The quantitative estimate of drug-likeness (QED) is 0.798. The van der Waals surface area contributed by atoms with Crippen LogP contribution in [0.3, 0.4) is 0 Å². The number of thiazole rings is 1. The van der Waals surface area contributed by atoms with Gasteiger partial charge in [0.25, 0.3) is 0 Å². The summed E-state index contributed by atoms with van der Waals surface area (Å²) in [6, 6.07) is 0. The molecule has 0 bridgehead atoms. The fourth-order valence-electron chi connectivity index (χ4n) is 1.57. The predicted molar refractivity (Wildman–Crippen MR) is 81.4 cm³/mol. The van der Waals surface area contributed by atoms with Crippen LogP contribution in [0.5, 0.6) is 0 Å². The molecular formula is C13H23BN2O2S. The van der Waals surface area contributed by atoms with Gasteiger partial charge in [0.1, 0.15) is 0 Å². The maximum Gasteiger partial charge on any atom is 0.507 e. The van der Waals surface area contributed by atoms with Crippen molar-refractivity contribution in [3.8, 4) is 0 Å². The van der Waals surface area contributed by atoms with Crippen LogP contribution in [0.2, 0.25) is 0 Å². The van der Waals surface area contributed by atoms with Gasteiger partial charge < -0.3 is 14.2 Å². The van der Waals surface area contributed by atoms with Crippen LogP contribution in [-0.4, -0.2) is 36.3 Å². The van der Waals surface area contributed by atoms with E-state index < -0.39 is 50.1 Å². The second kappa shape index (κ2) is 5.07. The minimum absolute atomic E-state index is 0.0689. The summed E-state index contributed by atoms with van der Waals surface area (Å²) in [7, 11) is -0.898. The lowest BCUT2D eigenvalue weighted by atomic mass is 9.89. The topological polar surface area (TPSA) is 34.6 Å². The molecule has 1 fully saturated rings. The Bertz CT molecular complexity index is 720. The SMILES string of the molecule is [2H]C([2H])([2H])C([2H])([2H])N(c1ncc(B2OC(C)(C)C(C)(C)O2)s1)C([2H])([2H])C([2H])([2H])[2H]. The van der Waals surface area contributed by atoms with Gasteiger partial charge in [-0.25, -0.2) is 4.98 Å². The van der Waals surface area contributed by atoms with Gasteiger partial charge in [-0.15, -0.1) is 11.3 Å². The molecule has 0 radical (unpaired) electrons. The molecule has 0 aliphatic carbocycles. The molecule has 1 aromatic rings. The fraction of sp³-hybridized carbons (Fsp3) is 0.769. The van der Waals surface area contributed by atoms with E-state index in [9.17, 15) is 0 Å². The average molecular weight is 292 g/mol. The van der Waals surface area contributed by atoms with E-state index in [1.807, 2.05) is 27.7 Å². The van der Waals surface area contributed by atoms with Gasteiger partial charge in [0.15, 0.2) is 5.13 Å². The highest BCUT2D eigenvalue weighted by Crippen LogP contribution is 2.37. The Hall–Kier alpha value is -0.585. The summed E-state index contributed by atoms with van der Waals surface area (Å²) in [5, 5.41) is -0.447. The van der Waals surface area contributed by atoms with Gasteiger partial charge in [0.2, 0.25) is 0 Å². The zero-order valence-corrected chi connectivity index (χ0v) is 12.1. The van der Waals surface area contributed by atoms with Crippen LogP contribution >= 0.6 is 11.3 Å². The molecule has 0 saturated carbocycles. The first-order valence-electron chi connectivity index (χ1n) is 10.8. The molecule has 6 heteroatoms. The molecule has 1 aliphatic heterocycles. The van der Waals surface area contributed by atoms with Crippen molar-refractivity contribution in [2.75, 3.05) is 17.9 Å². The average Bonchev–Trinajstić information content (AvgIpc) is 2.99. The van der Waals surface area contributed by atoms with Gasteiger partial charge in [-0.1, -0.05) is 0 Å². The maximum absolute atomic E-state index is 8.00. The summed E-state index contributed by atoms with van der Waals surface area (Å²) < 4.78 is 88.9. The molecule has 0 spiro atoms. The zero-order valence-electron chi connectivity index (χ0n) is 21.3. The highest BCUT2D eigenvalue weighted by atomic mass is 32.1. The number of aromatic nitrogens is 1. The number of rotatable bonds is 4. The second-order valence-electron chi connectivity index (χ2n) is 5.19. The lowest BCUT2D eigenvalue weighted by Gasteiger charge is -2.32. The molecule has 0 N–H and O–H groups in total. The number of hydrogen-bond donors (Lipinski definition) is 0. The molecular weight excluding hydrogens is 259 g/mol. The van der Waals surface area contributed by atoms with E-state index in [1.165, 1.54) is 6.20 Å². The second-order valence-corrected chi connectivity index (χ2v) is 6.23. The third kappa shape index (κ3) is 2.66. The Labute approximate surface area is 134 Å². The molecule has 2 rings (SSSR count). The van der Waals surface area contributed by atoms with Crippen LogP contribution in [0.1, 0.15) is 55.1 Å². The molecule has 0 aromatic carbocycles. The van der Waals surface area contributed by atoms with Crippen LogP contribution in [0.4, 0.5) is 5.13 Å². The monoisotopic (exact) mass is 292 g/mol. The molecule has 1 saturated heterocycles. The van der Waals surface area contributed by atoms with E-state index >= 15 is 0 Å². The Balaban J connectivity index is 2.53. The van der Waals surface area contributed by atoms with Gasteiger partial charge in [-0.05, 0) is 41.4 Å². The summed E-state index contributed by atoms with van der Waals surface area (Å²) in [6.07, 6.45) is 1.24. The van der Waals surface area contributed by atoms with E-state index in [0.29, 0.717) is 16.1 Å². The van der Waals surface area contributed by atoms with Gasteiger partial charge in [0.05, 0.1) is 16.0 Å². The van der Waals surface area contributed by atoms with Crippen molar-refractivity contribution in [1.29, 1.82) is 0 Å². The Morgan fingerprint density at radius 1 is 1.32 bits per heavy atom. The molecule has 0 unspecified atom stereocenters.